The average Bonchev–Trinajstić information content (AvgIpc) is 3.28. The Morgan fingerprint density at radius 3 is 2.64 bits per heavy atom. The van der Waals surface area contributed by atoms with Crippen LogP contribution in [0.1, 0.15) is 47.2 Å². The van der Waals surface area contributed by atoms with E-state index in [2.05, 4.69) is 9.88 Å². The van der Waals surface area contributed by atoms with Crippen LogP contribution in [0.3, 0.4) is 0 Å². The van der Waals surface area contributed by atoms with Crippen LogP contribution in [0.5, 0.6) is 0 Å². The van der Waals surface area contributed by atoms with Crippen molar-refractivity contribution in [2.45, 2.75) is 43.9 Å². The maximum atomic E-state index is 13.1. The number of benzene rings is 1. The summed E-state index contributed by atoms with van der Waals surface area (Å²) < 4.78 is 0. The van der Waals surface area contributed by atoms with Crippen LogP contribution in [-0.4, -0.2) is 58.7 Å². The zero-order valence-corrected chi connectivity index (χ0v) is 17.0. The van der Waals surface area contributed by atoms with E-state index in [9.17, 15) is 9.59 Å². The van der Waals surface area contributed by atoms with Crippen molar-refractivity contribution in [3.8, 4) is 0 Å². The number of aromatic amines is 1. The van der Waals surface area contributed by atoms with Crippen molar-refractivity contribution in [3.63, 3.8) is 0 Å². The molecular formula is C22H27N3O2S. The molecule has 1 saturated carbocycles. The first-order valence-electron chi connectivity index (χ1n) is 10.5. The fraction of sp³-hybridized carbons (Fsp3) is 0.545. The lowest BCUT2D eigenvalue weighted by Gasteiger charge is -2.38. The number of aryl methyl sites for hydroxylation is 1. The number of aromatic nitrogens is 1. The predicted molar refractivity (Wildman–Crippen MR) is 114 cm³/mol. The molecule has 0 spiro atoms. The van der Waals surface area contributed by atoms with Gasteiger partial charge in [-0.25, -0.2) is 0 Å². The lowest BCUT2D eigenvalue weighted by molar-refractivity contribution is 0.0573. The highest BCUT2D eigenvalue weighted by molar-refractivity contribution is 7.98. The molecule has 1 aliphatic carbocycles. The number of carbonyl (C=O) groups excluding carboxylic acids is 1. The summed E-state index contributed by atoms with van der Waals surface area (Å²) in [6, 6.07) is 6.51. The molecule has 2 aromatic rings. The molecule has 5 rings (SSSR count). The van der Waals surface area contributed by atoms with E-state index in [-0.39, 0.29) is 11.5 Å². The van der Waals surface area contributed by atoms with Crippen LogP contribution in [0.4, 0.5) is 0 Å². The van der Waals surface area contributed by atoms with Gasteiger partial charge in [0.25, 0.3) is 11.5 Å². The molecular weight excluding hydrogens is 370 g/mol. The third kappa shape index (κ3) is 3.26. The number of nitrogens with one attached hydrogen (secondary N) is 1. The molecule has 148 valence electrons. The first kappa shape index (κ1) is 18.3. The molecule has 0 bridgehead atoms. The number of carbonyl (C=O) groups is 1. The van der Waals surface area contributed by atoms with Crippen LogP contribution in [0, 0.1) is 0 Å². The minimum Gasteiger partial charge on any atom is -0.336 e. The number of thioether (sulfide) groups is 1. The van der Waals surface area contributed by atoms with Gasteiger partial charge in [-0.05, 0) is 48.8 Å². The van der Waals surface area contributed by atoms with E-state index in [1.54, 1.807) is 11.8 Å². The number of fused-ring (bicyclic) bond motifs is 3. The maximum absolute atomic E-state index is 13.1. The molecule has 2 aliphatic heterocycles. The van der Waals surface area contributed by atoms with Gasteiger partial charge in [-0.2, -0.15) is 11.8 Å². The Hall–Kier alpha value is -1.79. The van der Waals surface area contributed by atoms with Crippen molar-refractivity contribution < 1.29 is 4.79 Å². The standard InChI is InChI=1S/C22H27N3O2S/c26-21-19-14-28-12-7-17(19)18-13-15(5-6-20(18)23-21)22(27)25-10-8-24(9-11-25)16-3-1-2-4-16/h5-6,13,16H,1-4,7-12,14H2,(H,23,26). The van der Waals surface area contributed by atoms with Crippen LogP contribution < -0.4 is 5.56 Å². The number of nitrogens with zero attached hydrogens (tertiary/aromatic N) is 2. The van der Waals surface area contributed by atoms with Crippen molar-refractivity contribution in [3.05, 3.63) is 45.2 Å². The van der Waals surface area contributed by atoms with E-state index in [1.165, 1.54) is 25.7 Å². The Kier molecular flexibility index (Phi) is 4.93. The Morgan fingerprint density at radius 1 is 1.07 bits per heavy atom. The first-order chi connectivity index (χ1) is 13.7. The van der Waals surface area contributed by atoms with Crippen LogP contribution >= 0.6 is 11.8 Å². The third-order valence-corrected chi connectivity index (χ3v) is 7.65. The van der Waals surface area contributed by atoms with Gasteiger partial charge in [0.2, 0.25) is 0 Å². The number of hydrogen-bond acceptors (Lipinski definition) is 4. The first-order valence-corrected chi connectivity index (χ1v) is 11.6. The minimum atomic E-state index is 0.0248. The van der Waals surface area contributed by atoms with Crippen molar-refractivity contribution in [1.82, 2.24) is 14.8 Å². The summed E-state index contributed by atoms with van der Waals surface area (Å²) in [4.78, 5) is 33.1. The molecule has 1 N–H and O–H groups in total. The minimum absolute atomic E-state index is 0.0248. The van der Waals surface area contributed by atoms with Gasteiger partial charge in [0.15, 0.2) is 0 Å². The van der Waals surface area contributed by atoms with E-state index in [4.69, 9.17) is 0 Å². The summed E-state index contributed by atoms with van der Waals surface area (Å²) in [5.74, 6) is 1.92. The van der Waals surface area contributed by atoms with E-state index < -0.39 is 0 Å². The molecule has 6 heteroatoms. The fourth-order valence-electron chi connectivity index (χ4n) is 5.06. The zero-order valence-electron chi connectivity index (χ0n) is 16.2. The Morgan fingerprint density at radius 2 is 1.86 bits per heavy atom. The maximum Gasteiger partial charge on any atom is 0.253 e. The van der Waals surface area contributed by atoms with Crippen molar-refractivity contribution >= 4 is 28.6 Å². The number of rotatable bonds is 2. The van der Waals surface area contributed by atoms with E-state index >= 15 is 0 Å². The lowest BCUT2D eigenvalue weighted by atomic mass is 9.99. The van der Waals surface area contributed by atoms with Gasteiger partial charge in [-0.3, -0.25) is 14.5 Å². The molecule has 5 nitrogen and oxygen atoms in total. The average molecular weight is 398 g/mol. The number of pyridine rings is 1. The predicted octanol–water partition coefficient (Wildman–Crippen LogP) is 3.02. The molecule has 1 amide bonds. The monoisotopic (exact) mass is 397 g/mol. The van der Waals surface area contributed by atoms with Crippen molar-refractivity contribution in [2.24, 2.45) is 0 Å². The zero-order chi connectivity index (χ0) is 19.1. The van der Waals surface area contributed by atoms with E-state index in [1.807, 2.05) is 23.1 Å². The number of piperazine rings is 1. The summed E-state index contributed by atoms with van der Waals surface area (Å²) in [5, 5.41) is 1.05. The second kappa shape index (κ2) is 7.56. The van der Waals surface area contributed by atoms with Crippen LogP contribution in [0.15, 0.2) is 23.0 Å². The van der Waals surface area contributed by atoms with Crippen LogP contribution in [0.25, 0.3) is 10.9 Å². The van der Waals surface area contributed by atoms with Crippen molar-refractivity contribution in [2.75, 3.05) is 31.9 Å². The highest BCUT2D eigenvalue weighted by Gasteiger charge is 2.28. The summed E-state index contributed by atoms with van der Waals surface area (Å²) >= 11 is 1.80. The Balaban J connectivity index is 1.38. The molecule has 1 aromatic heterocycles. The molecule has 1 aromatic carbocycles. The molecule has 0 radical (unpaired) electrons. The second-order valence-corrected chi connectivity index (χ2v) is 9.35. The quantitative estimate of drug-likeness (QED) is 0.846. The normalized spacial score (nSPS) is 21.2. The Labute approximate surface area is 169 Å². The van der Waals surface area contributed by atoms with Gasteiger partial charge in [-0.1, -0.05) is 12.8 Å². The molecule has 0 atom stereocenters. The van der Waals surface area contributed by atoms with Crippen LogP contribution in [-0.2, 0) is 12.2 Å². The number of amides is 1. The lowest BCUT2D eigenvalue weighted by Crippen LogP contribution is -2.51. The van der Waals surface area contributed by atoms with Gasteiger partial charge >= 0.3 is 0 Å². The molecule has 3 aliphatic rings. The van der Waals surface area contributed by atoms with E-state index in [0.717, 1.165) is 77.7 Å². The highest BCUT2D eigenvalue weighted by atomic mass is 32.2. The Bertz CT molecular complexity index is 956. The smallest absolute Gasteiger partial charge is 0.253 e. The molecule has 28 heavy (non-hydrogen) atoms. The van der Waals surface area contributed by atoms with Crippen LogP contribution in [0.2, 0.25) is 0 Å². The highest BCUT2D eigenvalue weighted by Crippen LogP contribution is 2.29. The molecule has 0 unspecified atom stereocenters. The molecule has 1 saturated heterocycles. The number of hydrogen-bond donors (Lipinski definition) is 1. The van der Waals surface area contributed by atoms with Gasteiger partial charge < -0.3 is 9.88 Å². The summed E-state index contributed by atoms with van der Waals surface area (Å²) in [7, 11) is 0. The SMILES string of the molecule is O=C(c1ccc2[nH]c(=O)c3c(c2c1)CCSC3)N1CCN(C2CCCC2)CC1. The van der Waals surface area contributed by atoms with Gasteiger partial charge in [0.05, 0.1) is 0 Å². The van der Waals surface area contributed by atoms with E-state index in [0.29, 0.717) is 0 Å². The summed E-state index contributed by atoms with van der Waals surface area (Å²) in [6.07, 6.45) is 6.25. The summed E-state index contributed by atoms with van der Waals surface area (Å²) in [5.41, 5.74) is 3.64. The van der Waals surface area contributed by atoms with Gasteiger partial charge in [0.1, 0.15) is 0 Å². The third-order valence-electron chi connectivity index (χ3n) is 6.66. The summed E-state index contributed by atoms with van der Waals surface area (Å²) in [6.45, 7) is 3.61. The van der Waals surface area contributed by atoms with Crippen molar-refractivity contribution in [1.29, 1.82) is 0 Å². The van der Waals surface area contributed by atoms with Gasteiger partial charge in [-0.15, -0.1) is 0 Å². The molecule has 3 heterocycles. The molecule has 2 fully saturated rings. The fourth-order valence-corrected chi connectivity index (χ4v) is 6.06. The topological polar surface area (TPSA) is 56.4 Å². The largest absolute Gasteiger partial charge is 0.336 e. The van der Waals surface area contributed by atoms with Gasteiger partial charge in [0, 0.05) is 60.0 Å². The number of H-pyrrole nitrogens is 1. The second-order valence-electron chi connectivity index (χ2n) is 8.24.